The number of ether oxygens (including phenoxy) is 2. The third kappa shape index (κ3) is 6.13. The van der Waals surface area contributed by atoms with E-state index in [4.69, 9.17) is 9.47 Å². The van der Waals surface area contributed by atoms with Crippen LogP contribution in [0.4, 0.5) is 11.4 Å². The molecule has 2 amide bonds. The largest absolute Gasteiger partial charge is 0.495 e. The zero-order chi connectivity index (χ0) is 22.2. The van der Waals surface area contributed by atoms with Crippen LogP contribution < -0.4 is 15.4 Å². The molecule has 3 aromatic rings. The zero-order valence-electron chi connectivity index (χ0n) is 17.0. The van der Waals surface area contributed by atoms with Gasteiger partial charge in [0.15, 0.2) is 12.3 Å². The lowest BCUT2D eigenvalue weighted by Crippen LogP contribution is -2.21. The van der Waals surface area contributed by atoms with Crippen molar-refractivity contribution in [2.24, 2.45) is 0 Å². The van der Waals surface area contributed by atoms with E-state index >= 15 is 0 Å². The number of hydrogen-bond donors (Lipinski definition) is 2. The summed E-state index contributed by atoms with van der Waals surface area (Å²) in [6.07, 6.45) is 1.45. The lowest BCUT2D eigenvalue weighted by molar-refractivity contribution is -0.119. The second-order valence-corrected chi connectivity index (χ2v) is 6.51. The predicted molar refractivity (Wildman–Crippen MR) is 112 cm³/mol. The average molecular weight is 423 g/mol. The fourth-order valence-corrected chi connectivity index (χ4v) is 2.72. The smallest absolute Gasteiger partial charge is 0.361 e. The highest BCUT2D eigenvalue weighted by atomic mass is 16.5. The van der Waals surface area contributed by atoms with Crippen LogP contribution in [-0.4, -0.2) is 46.5 Å². The van der Waals surface area contributed by atoms with Crippen molar-refractivity contribution in [3.05, 3.63) is 66.0 Å². The highest BCUT2D eigenvalue weighted by Crippen LogP contribution is 2.27. The maximum absolute atomic E-state index is 12.2. The van der Waals surface area contributed by atoms with Gasteiger partial charge in [-0.2, -0.15) is 0 Å². The molecule has 2 aromatic carbocycles. The van der Waals surface area contributed by atoms with E-state index in [0.29, 0.717) is 23.7 Å². The van der Waals surface area contributed by atoms with Gasteiger partial charge >= 0.3 is 5.97 Å². The third-order valence-corrected chi connectivity index (χ3v) is 4.06. The van der Waals surface area contributed by atoms with E-state index in [0.717, 1.165) is 5.56 Å². The van der Waals surface area contributed by atoms with Gasteiger partial charge in [0.05, 0.1) is 25.5 Å². The van der Waals surface area contributed by atoms with Crippen molar-refractivity contribution in [3.63, 3.8) is 0 Å². The van der Waals surface area contributed by atoms with Crippen molar-refractivity contribution in [1.29, 1.82) is 0 Å². The molecule has 0 aliphatic rings. The number of nitrogens with one attached hydrogen (secondary N) is 2. The van der Waals surface area contributed by atoms with E-state index in [9.17, 15) is 14.4 Å². The second-order valence-electron chi connectivity index (χ2n) is 6.51. The maximum Gasteiger partial charge on any atom is 0.361 e. The number of hydrogen-bond acceptors (Lipinski definition) is 7. The van der Waals surface area contributed by atoms with E-state index in [1.807, 2.05) is 30.3 Å². The van der Waals surface area contributed by atoms with E-state index in [2.05, 4.69) is 20.9 Å². The Bertz CT molecular complexity index is 1080. The number of aromatic nitrogens is 3. The molecule has 1 aromatic heterocycles. The van der Waals surface area contributed by atoms with E-state index < -0.39 is 18.5 Å². The Balaban J connectivity index is 1.56. The van der Waals surface area contributed by atoms with Crippen molar-refractivity contribution in [1.82, 2.24) is 15.0 Å². The molecule has 0 bridgehead atoms. The SMILES string of the molecule is COc1ccc(NC(C)=O)cc1NC(=O)COC(=O)c1cn(Cc2ccccc2)nn1. The summed E-state index contributed by atoms with van der Waals surface area (Å²) >= 11 is 0. The van der Waals surface area contributed by atoms with Crippen LogP contribution in [0.2, 0.25) is 0 Å². The molecule has 10 nitrogen and oxygen atoms in total. The fraction of sp³-hybridized carbons (Fsp3) is 0.190. The highest BCUT2D eigenvalue weighted by molar-refractivity contribution is 5.97. The van der Waals surface area contributed by atoms with E-state index in [-0.39, 0.29) is 11.6 Å². The summed E-state index contributed by atoms with van der Waals surface area (Å²) in [4.78, 5) is 35.6. The van der Waals surface area contributed by atoms with Crippen LogP contribution in [0, 0.1) is 0 Å². The monoisotopic (exact) mass is 423 g/mol. The number of benzene rings is 2. The van der Waals surface area contributed by atoms with Gasteiger partial charge in [-0.3, -0.25) is 9.59 Å². The maximum atomic E-state index is 12.2. The quantitative estimate of drug-likeness (QED) is 0.532. The molecule has 0 saturated carbocycles. The minimum atomic E-state index is -0.770. The first-order chi connectivity index (χ1) is 14.9. The van der Waals surface area contributed by atoms with Crippen molar-refractivity contribution >= 4 is 29.2 Å². The first-order valence-electron chi connectivity index (χ1n) is 9.31. The number of anilines is 2. The lowest BCUT2D eigenvalue weighted by atomic mass is 10.2. The Morgan fingerprint density at radius 2 is 1.84 bits per heavy atom. The lowest BCUT2D eigenvalue weighted by Gasteiger charge is -2.12. The molecule has 0 spiro atoms. The fourth-order valence-electron chi connectivity index (χ4n) is 2.72. The number of carbonyl (C=O) groups is 3. The van der Waals surface area contributed by atoms with Crippen LogP contribution >= 0.6 is 0 Å². The van der Waals surface area contributed by atoms with Gasteiger partial charge in [0, 0.05) is 12.6 Å². The van der Waals surface area contributed by atoms with Gasteiger partial charge in [-0.25, -0.2) is 9.48 Å². The first kappa shape index (κ1) is 21.5. The Kier molecular flexibility index (Phi) is 6.94. The third-order valence-electron chi connectivity index (χ3n) is 4.06. The highest BCUT2D eigenvalue weighted by Gasteiger charge is 2.16. The molecule has 0 unspecified atom stereocenters. The van der Waals surface area contributed by atoms with Gasteiger partial charge in [0.1, 0.15) is 5.75 Å². The van der Waals surface area contributed by atoms with Gasteiger partial charge in [0.2, 0.25) is 5.91 Å². The van der Waals surface area contributed by atoms with Crippen LogP contribution in [0.3, 0.4) is 0 Å². The standard InChI is InChI=1S/C21H21N5O5/c1-14(27)22-16-8-9-19(30-2)17(10-16)23-20(28)13-31-21(29)18-12-26(25-24-18)11-15-6-4-3-5-7-15/h3-10,12H,11,13H2,1-2H3,(H,22,27)(H,23,28). The van der Waals surface area contributed by atoms with Crippen LogP contribution in [0.15, 0.2) is 54.7 Å². The van der Waals surface area contributed by atoms with Gasteiger partial charge in [-0.15, -0.1) is 5.10 Å². The number of esters is 1. The Morgan fingerprint density at radius 1 is 1.06 bits per heavy atom. The molecular weight excluding hydrogens is 402 g/mol. The summed E-state index contributed by atoms with van der Waals surface area (Å²) in [5, 5.41) is 12.9. The van der Waals surface area contributed by atoms with E-state index in [1.165, 1.54) is 31.0 Å². The van der Waals surface area contributed by atoms with Crippen LogP contribution in [0.1, 0.15) is 23.0 Å². The van der Waals surface area contributed by atoms with Gasteiger partial charge in [0.25, 0.3) is 5.91 Å². The van der Waals surface area contributed by atoms with Crippen LogP contribution in [0.25, 0.3) is 0 Å². The molecule has 0 fully saturated rings. The predicted octanol–water partition coefficient (Wildman–Crippen LogP) is 2.09. The molecule has 2 N–H and O–H groups in total. The molecular formula is C21H21N5O5. The molecule has 1 heterocycles. The topological polar surface area (TPSA) is 124 Å². The summed E-state index contributed by atoms with van der Waals surface area (Å²) < 4.78 is 11.7. The van der Waals surface area contributed by atoms with Crippen molar-refractivity contribution in [2.45, 2.75) is 13.5 Å². The molecule has 31 heavy (non-hydrogen) atoms. The summed E-state index contributed by atoms with van der Waals surface area (Å²) in [7, 11) is 1.45. The Hall–Kier alpha value is -4.21. The van der Waals surface area contributed by atoms with Gasteiger partial charge in [-0.05, 0) is 23.8 Å². The molecule has 10 heteroatoms. The molecule has 0 atom stereocenters. The van der Waals surface area contributed by atoms with Gasteiger partial charge < -0.3 is 20.1 Å². The first-order valence-corrected chi connectivity index (χ1v) is 9.31. The Labute approximate surface area is 178 Å². The number of nitrogens with zero attached hydrogens (tertiary/aromatic N) is 3. The normalized spacial score (nSPS) is 10.3. The second kappa shape index (κ2) is 10.0. The Morgan fingerprint density at radius 3 is 2.55 bits per heavy atom. The van der Waals surface area contributed by atoms with Crippen molar-refractivity contribution < 1.29 is 23.9 Å². The van der Waals surface area contributed by atoms with Crippen molar-refractivity contribution in [2.75, 3.05) is 24.4 Å². The minimum absolute atomic E-state index is 0.00559. The molecule has 0 saturated heterocycles. The molecule has 0 aliphatic heterocycles. The average Bonchev–Trinajstić information content (AvgIpc) is 3.21. The molecule has 160 valence electrons. The van der Waals surface area contributed by atoms with Crippen molar-refractivity contribution in [3.8, 4) is 5.75 Å². The molecule has 3 rings (SSSR count). The number of methoxy groups -OCH3 is 1. The number of carbonyl (C=O) groups excluding carboxylic acids is 3. The summed E-state index contributed by atoms with van der Waals surface area (Å²) in [6.45, 7) is 1.29. The summed E-state index contributed by atoms with van der Waals surface area (Å²) in [6, 6.07) is 14.3. The van der Waals surface area contributed by atoms with E-state index in [1.54, 1.807) is 12.1 Å². The summed E-state index contributed by atoms with van der Waals surface area (Å²) in [5.74, 6) is -1.22. The van der Waals surface area contributed by atoms with Gasteiger partial charge in [-0.1, -0.05) is 35.5 Å². The number of rotatable bonds is 8. The van der Waals surface area contributed by atoms with Crippen LogP contribution in [-0.2, 0) is 20.9 Å². The zero-order valence-corrected chi connectivity index (χ0v) is 17.0. The number of amides is 2. The minimum Gasteiger partial charge on any atom is -0.495 e. The summed E-state index contributed by atoms with van der Waals surface area (Å²) in [5.41, 5.74) is 1.80. The molecule has 0 aliphatic carbocycles. The van der Waals surface area contributed by atoms with Crippen LogP contribution in [0.5, 0.6) is 5.75 Å². The molecule has 0 radical (unpaired) electrons.